The lowest BCUT2D eigenvalue weighted by molar-refractivity contribution is -0.166. The fraction of sp³-hybridized carbons (Fsp3) is 0.196. The molecule has 0 unspecified atom stereocenters. The van der Waals surface area contributed by atoms with E-state index in [0.29, 0.717) is 5.76 Å². The molecule has 4 atom stereocenters. The third-order valence-electron chi connectivity index (χ3n) is 16.0. The molecule has 0 bridgehead atoms. The summed E-state index contributed by atoms with van der Waals surface area (Å²) < 4.78 is 28.2. The van der Waals surface area contributed by atoms with Crippen molar-refractivity contribution in [3.05, 3.63) is 154 Å². The minimum atomic E-state index is -2.01. The van der Waals surface area contributed by atoms with E-state index >= 15 is 0 Å². The first-order chi connectivity index (χ1) is 61.0. The van der Waals surface area contributed by atoms with Crippen LogP contribution in [0.4, 0.5) is 0 Å². The lowest BCUT2D eigenvalue weighted by Crippen LogP contribution is -2.46. The van der Waals surface area contributed by atoms with Gasteiger partial charge in [-0.25, -0.2) is 0 Å². The lowest BCUT2D eigenvalue weighted by Gasteiger charge is -2.35. The van der Waals surface area contributed by atoms with Gasteiger partial charge >= 0.3 is 0 Å². The van der Waals surface area contributed by atoms with Gasteiger partial charge in [0.15, 0.2) is 42.6 Å². The molecular weight excluding hydrogens is 1590 g/mol. The molecule has 0 saturated carbocycles. The van der Waals surface area contributed by atoms with Crippen LogP contribution in [0.15, 0.2) is 118 Å². The highest BCUT2D eigenvalue weighted by Gasteiger charge is 2.45. The average molecular weight is 1670 g/mol. The van der Waals surface area contributed by atoms with Crippen LogP contribution in [0, 0.1) is 358 Å². The molecule has 4 aromatic carbocycles. The predicted molar refractivity (Wildman–Crippen MR) is 494 cm³/mol. The Hall–Kier alpha value is -18.2. The Morgan fingerprint density at radius 1 is 0.362 bits per heavy atom. The molecule has 0 aliphatic heterocycles. The van der Waals surface area contributed by atoms with E-state index in [1.807, 2.05) is 86.6 Å². The number of carbonyl (C=O) groups excluding carboxylic acids is 2. The monoisotopic (exact) mass is 1660 g/mol. The van der Waals surface area contributed by atoms with E-state index in [0.717, 1.165) is 33.4 Å². The highest BCUT2D eigenvalue weighted by molar-refractivity contribution is 6.74. The van der Waals surface area contributed by atoms with Crippen molar-refractivity contribution in [1.29, 1.82) is 0 Å². The van der Waals surface area contributed by atoms with Gasteiger partial charge in [-0.3, -0.25) is 9.59 Å². The van der Waals surface area contributed by atoms with Gasteiger partial charge in [0.25, 0.3) is 0 Å². The number of aryl methyl sites for hydroxylation is 2. The number of terminal acetylenes is 1. The number of ether oxygens (including phenoxy) is 2. The molecule has 0 aliphatic carbocycles. The molecule has 127 heavy (non-hydrogen) atoms. The lowest BCUT2D eigenvalue weighted by atomic mass is 9.91. The predicted octanol–water partition coefficient (Wildman–Crippen LogP) is 9.83. The van der Waals surface area contributed by atoms with Crippen LogP contribution in [-0.2, 0) is 49.9 Å². The summed E-state index contributed by atoms with van der Waals surface area (Å²) in [5.74, 6) is 141. The van der Waals surface area contributed by atoms with Gasteiger partial charge in [-0.15, -0.1) is 6.42 Å². The Morgan fingerprint density at radius 2 is 0.583 bits per heavy atom. The molecule has 0 amide bonds. The zero-order chi connectivity index (χ0) is 91.5. The first-order valence-electron chi connectivity index (χ1n) is 36.8. The smallest absolute Gasteiger partial charge is 0.192 e. The van der Waals surface area contributed by atoms with Crippen molar-refractivity contribution in [2.24, 2.45) is 0 Å². The molecule has 0 fully saturated rings. The fourth-order valence-corrected chi connectivity index (χ4v) is 9.26. The zero-order valence-electron chi connectivity index (χ0n) is 69.9. The van der Waals surface area contributed by atoms with Crippen molar-refractivity contribution in [3.8, 4) is 366 Å². The first-order valence-corrected chi connectivity index (χ1v) is 39.7. The van der Waals surface area contributed by atoms with Crippen LogP contribution in [0.25, 0.3) is 22.3 Å². The molecule has 5 N–H and O–H groups in total. The normalized spacial score (nSPS) is 9.53. The number of hydrogen-bond donors (Lipinski definition) is 5. The van der Waals surface area contributed by atoms with Crippen LogP contribution in [-0.4, -0.2) is 80.1 Å². The summed E-state index contributed by atoms with van der Waals surface area (Å²) in [6.07, 6.45) is 2.02. The second-order valence-corrected chi connectivity index (χ2v) is 30.6. The molecule has 6 rings (SSSR count). The molecule has 0 aliphatic rings. The molecular formula is C112H72N2O12Si. The van der Waals surface area contributed by atoms with Crippen LogP contribution in [0.3, 0.4) is 0 Å². The van der Waals surface area contributed by atoms with Gasteiger partial charge in [0, 0.05) is 249 Å². The number of aliphatic hydroxyl groups excluding tert-OH is 5. The van der Waals surface area contributed by atoms with Gasteiger partial charge < -0.3 is 48.5 Å². The van der Waals surface area contributed by atoms with Crippen molar-refractivity contribution in [2.45, 2.75) is 131 Å². The van der Waals surface area contributed by atoms with Gasteiger partial charge in [-0.2, -0.15) is 0 Å². The quantitative estimate of drug-likeness (QED) is 0.0356. The minimum absolute atomic E-state index is 0. The molecule has 14 nitrogen and oxygen atoms in total. The van der Waals surface area contributed by atoms with Crippen molar-refractivity contribution < 1.29 is 58.1 Å². The van der Waals surface area contributed by atoms with Crippen molar-refractivity contribution in [2.75, 3.05) is 13.2 Å². The number of ketones is 2. The highest BCUT2D eigenvalue weighted by Crippen LogP contribution is 2.38. The van der Waals surface area contributed by atoms with Crippen LogP contribution >= 0.6 is 0 Å². The number of carbonyl (C=O) groups is 2. The number of aromatic nitrogens is 2. The van der Waals surface area contributed by atoms with E-state index in [1.54, 1.807) is 13.0 Å². The molecule has 606 valence electrons. The number of Topliss-reactive ketones (excluding diaryl/α,β-unsaturated/α-hetero) is 2. The van der Waals surface area contributed by atoms with E-state index in [-0.39, 0.29) is 49.4 Å². The SMILES string of the molecule is C.C#CC#CC#CC#CC#CC#CC#CC#CC#CC#CC#CC#CC#CC#CC#CC#CC#CC#CC#CC#CC#CC#CC#CC#CC#CC#CC#CC#CC#CC.Cc1ccc(-c2ccc(CO[C@](C)(C(=O)CO)[C@@H](O)c3cc(CO)on3)cc2)cc1.Cc1ccc(-c2ccc(CO[C@](C)(C(=O)CO)[C@@H](O)c3cc(CO[Si](C)(C)C(C)(C)C)on3)cc2)cc1. The Balaban J connectivity index is 0.000000521. The Kier molecular flexibility index (Phi) is 49.6. The van der Waals surface area contributed by atoms with Gasteiger partial charge in [-0.05, 0) is 181 Å². The van der Waals surface area contributed by atoms with Crippen LogP contribution < -0.4 is 0 Å². The third kappa shape index (κ3) is 42.3. The molecule has 2 heterocycles. The summed E-state index contributed by atoms with van der Waals surface area (Å²) in [5.41, 5.74) is 5.03. The average Bonchev–Trinajstić information content (AvgIpc) is 1.70. The summed E-state index contributed by atoms with van der Waals surface area (Å²) in [7, 11) is -2.01. The first kappa shape index (κ1) is 103. The second-order valence-electron chi connectivity index (χ2n) is 25.8. The summed E-state index contributed by atoms with van der Waals surface area (Å²) in [6, 6.07) is 34.8. The Labute approximate surface area is 748 Å². The van der Waals surface area contributed by atoms with Crippen LogP contribution in [0.5, 0.6) is 0 Å². The van der Waals surface area contributed by atoms with E-state index in [1.165, 1.54) is 31.0 Å². The molecule has 0 saturated heterocycles. The summed E-state index contributed by atoms with van der Waals surface area (Å²) in [6.45, 7) is 17.7. The number of hydrogen-bond acceptors (Lipinski definition) is 14. The molecule has 0 radical (unpaired) electrons. The highest BCUT2D eigenvalue weighted by atomic mass is 28.4. The largest absolute Gasteiger partial charge is 0.409 e. The molecule has 15 heteroatoms. The van der Waals surface area contributed by atoms with Crippen molar-refractivity contribution in [1.82, 2.24) is 10.3 Å². The zero-order valence-corrected chi connectivity index (χ0v) is 70.9. The Morgan fingerprint density at radius 3 is 0.795 bits per heavy atom. The number of benzene rings is 4. The maximum Gasteiger partial charge on any atom is 0.192 e. The topological polar surface area (TPSA) is 215 Å². The number of nitrogens with zero attached hydrogens (tertiary/aromatic N) is 2. The maximum absolute atomic E-state index is 12.7. The summed E-state index contributed by atoms with van der Waals surface area (Å²) >= 11 is 0. The fourth-order valence-electron chi connectivity index (χ4n) is 8.33. The second kappa shape index (κ2) is 61.1. The van der Waals surface area contributed by atoms with Gasteiger partial charge in [0.1, 0.15) is 43.4 Å². The van der Waals surface area contributed by atoms with Gasteiger partial charge in [0.05, 0.1) is 19.8 Å². The minimum Gasteiger partial charge on any atom is -0.409 e. The molecule has 2 aromatic heterocycles. The standard InChI is InChI=1S/C59H4.C29H39NO6Si.C23H25NO6.CH4/c1-3-5-7-9-11-13-15-17-19-21-23-25-27-29-31-33-35-37-39-41-43-45-47-49-51-53-55-57-59-58-56-54-52-50-48-46-44-42-40-38-36-34-32-30-28-26-24-22-20-18-16-14-12-10-8-6-4-2;1-20-8-12-22(13-9-20)23-14-10-21(11-15-23)18-34-29(5,26(32)17-31)27(33)25-16-24(36-30-25)19-35-37(6,7)28(2,3)4;1-15-3-7-17(8-4-15)18-9-5-16(6-10-18)14-29-23(2,21(27)13-26)22(28)20-11-19(12-25)30-24-20;/h1H,2H3;8-16,27,31,33H,17-19H2,1-7H3;3-11,22,25-26,28H,12-14H2,1-2H3;1H4/t;27-,29+;22-,23+;/m.00./s1. The van der Waals surface area contributed by atoms with E-state index in [2.05, 4.69) is 406 Å². The van der Waals surface area contributed by atoms with E-state index in [9.17, 15) is 30.0 Å². The van der Waals surface area contributed by atoms with Crippen molar-refractivity contribution >= 4 is 19.9 Å². The van der Waals surface area contributed by atoms with Crippen LogP contribution in [0.2, 0.25) is 18.1 Å². The van der Waals surface area contributed by atoms with Crippen molar-refractivity contribution in [3.63, 3.8) is 0 Å². The Bertz CT molecular complexity index is 7100. The van der Waals surface area contributed by atoms with E-state index in [4.69, 9.17) is 34.5 Å². The molecule has 6 aromatic rings. The number of aliphatic hydroxyl groups is 5. The third-order valence-corrected chi connectivity index (χ3v) is 20.5. The maximum atomic E-state index is 12.7. The van der Waals surface area contributed by atoms with Gasteiger partial charge in [0.2, 0.25) is 0 Å². The summed E-state index contributed by atoms with van der Waals surface area (Å²) in [4.78, 5) is 25.1. The van der Waals surface area contributed by atoms with Crippen LogP contribution in [0.1, 0.15) is 106 Å². The van der Waals surface area contributed by atoms with Gasteiger partial charge in [-0.1, -0.05) is 153 Å². The van der Waals surface area contributed by atoms with E-state index < -0.39 is 63.1 Å². The summed E-state index contributed by atoms with van der Waals surface area (Å²) in [5, 5.41) is 57.5. The number of rotatable bonds is 20. The molecule has 0 spiro atoms.